The van der Waals surface area contributed by atoms with Crippen molar-refractivity contribution < 1.29 is 64.2 Å². The molecule has 13 nitrogen and oxygen atoms in total. The Hall–Kier alpha value is -5.90. The number of aromatic hydroxyl groups is 2. The van der Waals surface area contributed by atoms with Crippen LogP contribution in [0.25, 0.3) is 0 Å². The lowest BCUT2D eigenvalue weighted by Crippen LogP contribution is -3.12. The van der Waals surface area contributed by atoms with Gasteiger partial charge in [-0.3, -0.25) is 0 Å². The molecule has 0 heterocycles. The van der Waals surface area contributed by atoms with Crippen molar-refractivity contribution in [1.82, 2.24) is 0 Å². The molecule has 0 saturated carbocycles. The van der Waals surface area contributed by atoms with Crippen LogP contribution in [0, 0.1) is 0 Å². The first kappa shape index (κ1) is 75.6. The number of phenols is 2. The Labute approximate surface area is 549 Å². The number of rotatable bonds is 18. The first-order valence-corrected chi connectivity index (χ1v) is 32.1. The minimum atomic E-state index is -1.30. The average Bonchev–Trinajstić information content (AvgIpc) is 1.36. The molecule has 6 aromatic rings. The summed E-state index contributed by atoms with van der Waals surface area (Å²) in [7, 11) is 0. The van der Waals surface area contributed by atoms with Gasteiger partial charge in [0.2, 0.25) is 0 Å². The molecule has 0 spiro atoms. The molecule has 0 radical (unpaired) electrons. The number of nitrogens with one attached hydrogen (secondary N) is 2. The Morgan fingerprint density at radius 2 is 0.674 bits per heavy atom. The highest BCUT2D eigenvalue weighted by Gasteiger charge is 2.29. The fourth-order valence-electron chi connectivity index (χ4n) is 10.3. The summed E-state index contributed by atoms with van der Waals surface area (Å²) in [4.78, 5) is 23.1. The highest BCUT2D eigenvalue weighted by atomic mass is 35.5. The van der Waals surface area contributed by atoms with Gasteiger partial charge in [0, 0.05) is 35.7 Å². The lowest BCUT2D eigenvalue weighted by atomic mass is 9.79. The molecule has 0 atom stereocenters. The lowest BCUT2D eigenvalue weighted by Gasteiger charge is -2.28. The number of benzene rings is 6. The molecule has 89 heavy (non-hydrogen) atoms. The van der Waals surface area contributed by atoms with Gasteiger partial charge in [0.25, 0.3) is 0 Å². The van der Waals surface area contributed by atoms with Crippen molar-refractivity contribution in [3.8, 4) is 34.5 Å². The molecule has 0 fully saturated rings. The average molecular weight is 1310 g/mol. The summed E-state index contributed by atoms with van der Waals surface area (Å²) in [6.07, 6.45) is 2.04. The quantitative estimate of drug-likeness (QED) is 0.0641. The van der Waals surface area contributed by atoms with E-state index < -0.39 is 25.2 Å². The van der Waals surface area contributed by atoms with Crippen LogP contribution >= 0.6 is 46.4 Å². The molecule has 0 aliphatic heterocycles. The Kier molecular flexibility index (Phi) is 27.9. The Morgan fingerprint density at radius 1 is 0.427 bits per heavy atom. The van der Waals surface area contributed by atoms with Gasteiger partial charge in [-0.1, -0.05) is 178 Å². The number of carbonyl (C=O) groups excluding carboxylic acids is 2. The van der Waals surface area contributed by atoms with E-state index in [1.54, 1.807) is 12.1 Å². The Balaban J connectivity index is 0.000000513. The third kappa shape index (κ3) is 22.2. The van der Waals surface area contributed by atoms with Gasteiger partial charge in [0.15, 0.2) is 0 Å². The highest BCUT2D eigenvalue weighted by molar-refractivity contribution is 6.36. The Morgan fingerprint density at radius 3 is 0.888 bits per heavy atom. The van der Waals surface area contributed by atoms with Crippen molar-refractivity contribution in [3.05, 3.63) is 172 Å². The number of phenolic OH excluding ortho intramolecular Hbond substituents is 2. The summed E-state index contributed by atoms with van der Waals surface area (Å²) in [5.41, 5.74) is 12.0. The maximum atomic E-state index is 12.6. The van der Waals surface area contributed by atoms with Gasteiger partial charge in [-0.15, -0.1) is 0 Å². The maximum Gasteiger partial charge on any atom is 0.138 e. The fourth-order valence-corrected chi connectivity index (χ4v) is 11.2. The van der Waals surface area contributed by atoms with Crippen LogP contribution in [0.3, 0.4) is 0 Å². The van der Waals surface area contributed by atoms with Crippen LogP contribution in [0.1, 0.15) is 178 Å². The van der Waals surface area contributed by atoms with Crippen molar-refractivity contribution >= 4 is 58.3 Å². The third-order valence-corrected chi connectivity index (χ3v) is 17.0. The molecule has 0 unspecified atom stereocenters. The second-order valence-corrected chi connectivity index (χ2v) is 28.5. The van der Waals surface area contributed by atoms with E-state index in [0.717, 1.165) is 95.3 Å². The van der Waals surface area contributed by atoms with Crippen LogP contribution in [-0.4, -0.2) is 93.3 Å². The largest absolute Gasteiger partial charge is 0.546 e. The van der Waals surface area contributed by atoms with Crippen LogP contribution in [0.15, 0.2) is 84.9 Å². The summed E-state index contributed by atoms with van der Waals surface area (Å²) < 4.78 is 23.6. The second-order valence-electron chi connectivity index (χ2n) is 26.8. The van der Waals surface area contributed by atoms with E-state index in [9.17, 15) is 30.0 Å². The van der Waals surface area contributed by atoms with Crippen molar-refractivity contribution in [2.24, 2.45) is 0 Å². The fraction of sp³-hybridized carbons (Fsp3) is 0.472. The number of quaternary nitrogens is 2. The number of halogens is 4. The molecule has 8 bridgehead atoms. The molecule has 1 aliphatic rings. The van der Waals surface area contributed by atoms with E-state index >= 15 is 0 Å². The number of likely N-dealkylation sites (N-methyl/N-ethyl adjacent to an activating group) is 2. The second kappa shape index (κ2) is 32.9. The zero-order valence-corrected chi connectivity index (χ0v) is 58.2. The molecule has 6 N–H and O–H groups in total. The first-order chi connectivity index (χ1) is 41.1. The molecule has 0 aromatic heterocycles. The molecular weight excluding hydrogens is 1210 g/mol. The van der Waals surface area contributed by atoms with Gasteiger partial charge in [-0.25, -0.2) is 0 Å². The number of fused-ring (bicyclic) bond motifs is 8. The van der Waals surface area contributed by atoms with Crippen molar-refractivity contribution in [2.75, 3.05) is 65.7 Å². The maximum absolute atomic E-state index is 12.6. The molecular formula is C72H96Cl4N2O11. The van der Waals surface area contributed by atoms with E-state index in [4.69, 9.17) is 65.4 Å². The standard InChI is InChI=1S/C56H82N2O4.2C8H6Cl2O3.H2O/c1-17-57(18-2)21-23-61-51-41-25-37-29-45(53(5,6)7)31-39(49(37)59)27-43-35-48(56(14,15)16)36-44(52(43)62-24-22-58(19-3)20-4)28-40-32-46(54(8,9)10)30-38(50(40)60)26-42(51)34-47(33-41)55(11,12)13;2*9-5-1-2-7(6(10)3-5)13-4-8(11)12;/h29-36,59-60H,17-28H2,1-16H3;2*1-3H,4H2,(H,11,12);1H2. The van der Waals surface area contributed by atoms with Crippen molar-refractivity contribution in [2.45, 2.75) is 158 Å². The normalized spacial score (nSPS) is 12.5. The number of carboxylic acids is 2. The molecule has 17 heteroatoms. The summed E-state index contributed by atoms with van der Waals surface area (Å²) in [5, 5.41) is 46.8. The van der Waals surface area contributed by atoms with Crippen molar-refractivity contribution in [3.63, 3.8) is 0 Å². The third-order valence-electron chi connectivity index (χ3n) is 15.9. The van der Waals surface area contributed by atoms with E-state index in [2.05, 4.69) is 159 Å². The zero-order chi connectivity index (χ0) is 65.6. The predicted molar refractivity (Wildman–Crippen MR) is 357 cm³/mol. The zero-order valence-electron chi connectivity index (χ0n) is 55.2. The summed E-state index contributed by atoms with van der Waals surface area (Å²) in [6.45, 7) is 42.1. The summed E-state index contributed by atoms with van der Waals surface area (Å²) >= 11 is 22.6. The van der Waals surface area contributed by atoms with Crippen LogP contribution in [-0.2, 0) is 56.9 Å². The predicted octanol–water partition coefficient (Wildman–Crippen LogP) is 11.0. The number of carboxylic acid groups (broad SMARTS) is 2. The van der Waals surface area contributed by atoms with Gasteiger partial charge in [-0.05, 0) is 153 Å². The number of hydrogen-bond donors (Lipinski definition) is 4. The van der Waals surface area contributed by atoms with Crippen molar-refractivity contribution in [1.29, 1.82) is 0 Å². The van der Waals surface area contributed by atoms with E-state index in [1.807, 2.05) is 0 Å². The number of hydrogen-bond acceptors (Lipinski definition) is 10. The molecule has 0 saturated heterocycles. The topological polar surface area (TPSA) is 198 Å². The van der Waals surface area contributed by atoms with Crippen LogP contribution in [0.4, 0.5) is 0 Å². The number of aliphatic carboxylic acids is 2. The molecule has 6 aromatic carbocycles. The smallest absolute Gasteiger partial charge is 0.138 e. The minimum absolute atomic E-state index is 0. The summed E-state index contributed by atoms with van der Waals surface area (Å²) in [6, 6.07) is 27.2. The summed E-state index contributed by atoms with van der Waals surface area (Å²) in [5.74, 6) is 0.358. The van der Waals surface area contributed by atoms with Gasteiger partial charge < -0.3 is 64.2 Å². The number of ether oxygens (including phenoxy) is 4. The van der Waals surface area contributed by atoms with E-state index in [1.165, 1.54) is 56.3 Å². The molecule has 7 rings (SSSR count). The first-order valence-electron chi connectivity index (χ1n) is 30.6. The highest BCUT2D eigenvalue weighted by Crippen LogP contribution is 2.44. The monoisotopic (exact) mass is 1300 g/mol. The van der Waals surface area contributed by atoms with Crippen LogP contribution in [0.5, 0.6) is 34.5 Å². The Bertz CT molecular complexity index is 3030. The minimum Gasteiger partial charge on any atom is -0.546 e. The van der Waals surface area contributed by atoms with Gasteiger partial charge >= 0.3 is 0 Å². The van der Waals surface area contributed by atoms with Gasteiger partial charge in [0.05, 0.1) is 48.2 Å². The molecule has 488 valence electrons. The van der Waals surface area contributed by atoms with Gasteiger partial charge in [0.1, 0.15) is 74.0 Å². The lowest BCUT2D eigenvalue weighted by molar-refractivity contribution is -0.896. The molecule has 1 aliphatic carbocycles. The SMILES string of the molecule is CC[NH+](CC)CCOc1c2cc(C(C)(C)C)cc1Cc1cc(C(C)(C)C)cc(c1O)Cc1cc(C(C)(C)C)cc(c1OCC[NH+](CC)CC)Cc1cc(C(C)(C)C)cc(c1O)C2.O.O=C([O-])COc1ccc(Cl)cc1Cl.O=C([O-])COc1ccc(Cl)cc1Cl. The van der Waals surface area contributed by atoms with Crippen LogP contribution in [0.2, 0.25) is 20.1 Å². The number of carbonyl (C=O) groups is 2. The van der Waals surface area contributed by atoms with Crippen LogP contribution < -0.4 is 39.0 Å². The van der Waals surface area contributed by atoms with E-state index in [0.29, 0.717) is 60.4 Å². The molecule has 0 amide bonds. The van der Waals surface area contributed by atoms with Gasteiger partial charge in [-0.2, -0.15) is 0 Å². The van der Waals surface area contributed by atoms with E-state index in [-0.39, 0.29) is 48.7 Å².